The van der Waals surface area contributed by atoms with Crippen molar-refractivity contribution in [2.45, 2.75) is 6.42 Å². The molecular weight excluding hydrogens is 266 g/mol. The Labute approximate surface area is 95.6 Å². The van der Waals surface area contributed by atoms with Crippen molar-refractivity contribution < 1.29 is 9.53 Å². The van der Waals surface area contributed by atoms with Crippen LogP contribution in [0.15, 0.2) is 15.9 Å². The molecule has 0 aromatic carbocycles. The molecule has 78 valence electrons. The van der Waals surface area contributed by atoms with E-state index >= 15 is 0 Å². The van der Waals surface area contributed by atoms with Crippen molar-refractivity contribution in [2.75, 3.05) is 20.3 Å². The summed E-state index contributed by atoms with van der Waals surface area (Å²) in [6.45, 7) is 1.33. The van der Waals surface area contributed by atoms with Gasteiger partial charge >= 0.3 is 0 Å². The van der Waals surface area contributed by atoms with Crippen molar-refractivity contribution in [3.05, 3.63) is 20.8 Å². The van der Waals surface area contributed by atoms with Crippen molar-refractivity contribution in [3.63, 3.8) is 0 Å². The summed E-state index contributed by atoms with van der Waals surface area (Å²) in [5.41, 5.74) is 0. The molecule has 0 aliphatic carbocycles. The van der Waals surface area contributed by atoms with Gasteiger partial charge in [-0.1, -0.05) is 0 Å². The maximum atomic E-state index is 11.5. The summed E-state index contributed by atoms with van der Waals surface area (Å²) in [7, 11) is 1.65. The highest BCUT2D eigenvalue weighted by atomic mass is 79.9. The average molecular weight is 278 g/mol. The molecule has 1 amide bonds. The van der Waals surface area contributed by atoms with Gasteiger partial charge in [-0.05, 0) is 28.4 Å². The zero-order valence-electron chi connectivity index (χ0n) is 7.88. The third-order valence-corrected chi connectivity index (χ3v) is 3.29. The normalized spacial score (nSPS) is 10.1. The number of hydrogen-bond donors (Lipinski definition) is 1. The Balaban J connectivity index is 2.29. The number of amides is 1. The number of ether oxygens (including phenoxy) is 1. The van der Waals surface area contributed by atoms with Crippen molar-refractivity contribution in [3.8, 4) is 0 Å². The van der Waals surface area contributed by atoms with E-state index in [9.17, 15) is 4.79 Å². The lowest BCUT2D eigenvalue weighted by atomic mass is 10.4. The molecule has 0 unspecified atom stereocenters. The molecule has 0 spiro atoms. The first-order valence-electron chi connectivity index (χ1n) is 4.25. The van der Waals surface area contributed by atoms with E-state index in [1.54, 1.807) is 7.11 Å². The van der Waals surface area contributed by atoms with Crippen LogP contribution >= 0.6 is 27.3 Å². The molecular formula is C9H12BrNO2S. The zero-order valence-corrected chi connectivity index (χ0v) is 10.3. The fraction of sp³-hybridized carbons (Fsp3) is 0.444. The summed E-state index contributed by atoms with van der Waals surface area (Å²) < 4.78 is 5.83. The Bertz CT molecular complexity index is 301. The molecule has 3 nitrogen and oxygen atoms in total. The topological polar surface area (TPSA) is 38.3 Å². The molecule has 0 saturated heterocycles. The Morgan fingerprint density at radius 2 is 2.50 bits per heavy atom. The Hall–Kier alpha value is -0.390. The highest BCUT2D eigenvalue weighted by molar-refractivity contribution is 9.10. The van der Waals surface area contributed by atoms with Crippen LogP contribution in [0.5, 0.6) is 0 Å². The molecule has 0 radical (unpaired) electrons. The van der Waals surface area contributed by atoms with Crippen LogP contribution in [0.3, 0.4) is 0 Å². The summed E-state index contributed by atoms with van der Waals surface area (Å²) in [5.74, 6) is -0.0168. The highest BCUT2D eigenvalue weighted by Crippen LogP contribution is 2.19. The minimum absolute atomic E-state index is 0.0168. The Morgan fingerprint density at radius 3 is 3.07 bits per heavy atom. The quantitative estimate of drug-likeness (QED) is 0.839. The second-order valence-corrected chi connectivity index (χ2v) is 4.56. The van der Waals surface area contributed by atoms with Gasteiger partial charge in [-0.3, -0.25) is 4.79 Å². The molecule has 0 saturated carbocycles. The SMILES string of the molecule is COCCCNC(=O)c1cc(Br)cs1. The largest absolute Gasteiger partial charge is 0.385 e. The minimum Gasteiger partial charge on any atom is -0.385 e. The summed E-state index contributed by atoms with van der Waals surface area (Å²) in [4.78, 5) is 12.2. The van der Waals surface area contributed by atoms with Gasteiger partial charge in [-0.15, -0.1) is 11.3 Å². The molecule has 0 atom stereocenters. The smallest absolute Gasteiger partial charge is 0.261 e. The summed E-state index contributed by atoms with van der Waals surface area (Å²) in [5, 5.41) is 4.71. The fourth-order valence-electron chi connectivity index (χ4n) is 0.938. The monoisotopic (exact) mass is 277 g/mol. The highest BCUT2D eigenvalue weighted by Gasteiger charge is 2.06. The van der Waals surface area contributed by atoms with Gasteiger partial charge < -0.3 is 10.1 Å². The standard InChI is InChI=1S/C9H12BrNO2S/c1-13-4-2-3-11-9(12)8-5-7(10)6-14-8/h5-6H,2-4H2,1H3,(H,11,12). The Morgan fingerprint density at radius 1 is 1.71 bits per heavy atom. The summed E-state index contributed by atoms with van der Waals surface area (Å²) in [6.07, 6.45) is 0.842. The van der Waals surface area contributed by atoms with Crippen molar-refractivity contribution in [1.29, 1.82) is 0 Å². The van der Waals surface area contributed by atoms with Crippen molar-refractivity contribution in [2.24, 2.45) is 0 Å². The lowest BCUT2D eigenvalue weighted by Gasteiger charge is -2.01. The number of nitrogens with one attached hydrogen (secondary N) is 1. The van der Waals surface area contributed by atoms with Gasteiger partial charge in [0.05, 0.1) is 4.88 Å². The van der Waals surface area contributed by atoms with Crippen LogP contribution in [0.4, 0.5) is 0 Å². The van der Waals surface area contributed by atoms with Gasteiger partial charge in [0, 0.05) is 30.1 Å². The van der Waals surface area contributed by atoms with Crippen LogP contribution < -0.4 is 5.32 Å². The molecule has 0 fully saturated rings. The zero-order chi connectivity index (χ0) is 10.4. The molecule has 14 heavy (non-hydrogen) atoms. The molecule has 1 N–H and O–H groups in total. The van der Waals surface area contributed by atoms with Crippen LogP contribution in [0.2, 0.25) is 0 Å². The number of carbonyl (C=O) groups excluding carboxylic acids is 1. The van der Waals surface area contributed by atoms with E-state index in [0.29, 0.717) is 13.2 Å². The molecule has 1 aromatic rings. The summed E-state index contributed by atoms with van der Waals surface area (Å²) in [6, 6.07) is 1.82. The lowest BCUT2D eigenvalue weighted by Crippen LogP contribution is -2.24. The first-order valence-corrected chi connectivity index (χ1v) is 5.92. The number of halogens is 1. The van der Waals surface area contributed by atoms with E-state index in [0.717, 1.165) is 15.8 Å². The number of carbonyl (C=O) groups is 1. The van der Waals surface area contributed by atoms with Crippen LogP contribution in [0.1, 0.15) is 16.1 Å². The molecule has 1 aromatic heterocycles. The molecule has 1 rings (SSSR count). The Kier molecular flexibility index (Phi) is 5.14. The average Bonchev–Trinajstić information content (AvgIpc) is 2.59. The molecule has 1 heterocycles. The lowest BCUT2D eigenvalue weighted by molar-refractivity contribution is 0.0952. The van der Waals surface area contributed by atoms with Crippen molar-refractivity contribution in [1.82, 2.24) is 5.32 Å². The number of rotatable bonds is 5. The van der Waals surface area contributed by atoms with Gasteiger partial charge in [0.2, 0.25) is 0 Å². The number of hydrogen-bond acceptors (Lipinski definition) is 3. The predicted molar refractivity (Wildman–Crippen MR) is 60.8 cm³/mol. The summed E-state index contributed by atoms with van der Waals surface area (Å²) >= 11 is 4.74. The maximum Gasteiger partial charge on any atom is 0.261 e. The first-order chi connectivity index (χ1) is 6.74. The maximum absolute atomic E-state index is 11.5. The van der Waals surface area contributed by atoms with Gasteiger partial charge in [-0.2, -0.15) is 0 Å². The van der Waals surface area contributed by atoms with E-state index in [1.165, 1.54) is 11.3 Å². The molecule has 0 aliphatic rings. The minimum atomic E-state index is -0.0168. The van der Waals surface area contributed by atoms with Gasteiger partial charge in [-0.25, -0.2) is 0 Å². The van der Waals surface area contributed by atoms with Crippen LogP contribution in [0, 0.1) is 0 Å². The van der Waals surface area contributed by atoms with E-state index in [4.69, 9.17) is 4.74 Å². The van der Waals surface area contributed by atoms with E-state index in [1.807, 2.05) is 11.4 Å². The first kappa shape index (κ1) is 11.7. The van der Waals surface area contributed by atoms with Crippen LogP contribution in [-0.4, -0.2) is 26.2 Å². The second kappa shape index (κ2) is 6.16. The number of thiophene rings is 1. The van der Waals surface area contributed by atoms with Crippen LogP contribution in [0.25, 0.3) is 0 Å². The van der Waals surface area contributed by atoms with E-state index in [-0.39, 0.29) is 5.91 Å². The molecule has 0 bridgehead atoms. The van der Waals surface area contributed by atoms with Gasteiger partial charge in [0.1, 0.15) is 0 Å². The van der Waals surface area contributed by atoms with E-state index < -0.39 is 0 Å². The fourth-order valence-corrected chi connectivity index (χ4v) is 2.28. The third kappa shape index (κ3) is 3.77. The second-order valence-electron chi connectivity index (χ2n) is 2.73. The van der Waals surface area contributed by atoms with Crippen molar-refractivity contribution >= 4 is 33.2 Å². The third-order valence-electron chi connectivity index (χ3n) is 1.60. The van der Waals surface area contributed by atoms with E-state index in [2.05, 4.69) is 21.2 Å². The van der Waals surface area contributed by atoms with Crippen LogP contribution in [-0.2, 0) is 4.74 Å². The van der Waals surface area contributed by atoms with Gasteiger partial charge in [0.15, 0.2) is 0 Å². The molecule has 5 heteroatoms. The molecule has 0 aliphatic heterocycles. The van der Waals surface area contributed by atoms with Gasteiger partial charge in [0.25, 0.3) is 5.91 Å². The predicted octanol–water partition coefficient (Wildman–Crippen LogP) is 2.28. The number of methoxy groups -OCH3 is 1.